The van der Waals surface area contributed by atoms with Crippen LogP contribution in [0.3, 0.4) is 0 Å². The fraction of sp³-hybridized carbons (Fsp3) is 0.571. The van der Waals surface area contributed by atoms with Gasteiger partial charge >= 0.3 is 5.97 Å². The topological polar surface area (TPSA) is 75.4 Å². The second-order valence-electron chi connectivity index (χ2n) is 12.4. The lowest BCUT2D eigenvalue weighted by Gasteiger charge is -2.34. The monoisotopic (exact) mass is 635 g/mol. The van der Waals surface area contributed by atoms with Crippen LogP contribution in [0.15, 0.2) is 45.7 Å². The van der Waals surface area contributed by atoms with E-state index in [0.717, 1.165) is 67.4 Å². The summed E-state index contributed by atoms with van der Waals surface area (Å²) in [4.78, 5) is 30.7. The second-order valence-corrected chi connectivity index (χ2v) is 13.2. The highest BCUT2D eigenvalue weighted by atomic mass is 79.9. The van der Waals surface area contributed by atoms with Crippen molar-refractivity contribution in [3.63, 3.8) is 0 Å². The smallest absolute Gasteiger partial charge is 0.306 e. The molecule has 1 spiro atoms. The average Bonchev–Trinajstić information content (AvgIpc) is 3.27. The molecule has 1 aromatic heterocycles. The summed E-state index contributed by atoms with van der Waals surface area (Å²) >= 11 is 3.61. The number of nitrogens with zero attached hydrogens (tertiary/aromatic N) is 3. The van der Waals surface area contributed by atoms with E-state index in [9.17, 15) is 9.59 Å². The summed E-state index contributed by atoms with van der Waals surface area (Å²) in [5, 5.41) is 9.23. The summed E-state index contributed by atoms with van der Waals surface area (Å²) in [5.41, 5.74) is 4.82. The van der Waals surface area contributed by atoms with Crippen molar-refractivity contribution in [3.05, 3.63) is 68.2 Å². The van der Waals surface area contributed by atoms with Gasteiger partial charge in [0.25, 0.3) is 5.56 Å². The van der Waals surface area contributed by atoms with Crippen LogP contribution in [0.1, 0.15) is 114 Å². The Morgan fingerprint density at radius 1 is 0.952 bits per heavy atom. The van der Waals surface area contributed by atoms with Gasteiger partial charge in [-0.1, -0.05) is 70.6 Å². The lowest BCUT2D eigenvalue weighted by molar-refractivity contribution is -0.142. The maximum Gasteiger partial charge on any atom is 0.306 e. The number of benzene rings is 2. The Labute approximate surface area is 258 Å². The van der Waals surface area contributed by atoms with Crippen LogP contribution in [-0.2, 0) is 10.2 Å². The summed E-state index contributed by atoms with van der Waals surface area (Å²) in [6.45, 7) is 6.32. The number of hydrogen-bond acceptors (Lipinski definition) is 4. The highest BCUT2D eigenvalue weighted by Crippen LogP contribution is 2.52. The Morgan fingerprint density at radius 3 is 2.26 bits per heavy atom. The van der Waals surface area contributed by atoms with Gasteiger partial charge in [0.05, 0.1) is 27.9 Å². The number of piperidine rings is 1. The molecule has 2 saturated carbocycles. The molecule has 3 aromatic rings. The van der Waals surface area contributed by atoms with E-state index in [-0.39, 0.29) is 16.9 Å². The molecule has 226 valence electrons. The molecule has 2 aliphatic heterocycles. The van der Waals surface area contributed by atoms with E-state index in [1.54, 1.807) is 0 Å². The largest absolute Gasteiger partial charge is 0.481 e. The van der Waals surface area contributed by atoms with Gasteiger partial charge in [-0.05, 0) is 110 Å². The lowest BCUT2D eigenvalue weighted by atomic mass is 9.69. The molecule has 42 heavy (non-hydrogen) atoms. The zero-order chi connectivity index (χ0) is 29.9. The quantitative estimate of drug-likeness (QED) is 0.307. The first-order valence-corrected chi connectivity index (χ1v) is 17.0. The fourth-order valence-corrected chi connectivity index (χ4v) is 8.17. The zero-order valence-corrected chi connectivity index (χ0v) is 27.1. The Balaban J connectivity index is 0.000000274. The molecular weight excluding hydrogens is 590 g/mol. The van der Waals surface area contributed by atoms with E-state index in [1.165, 1.54) is 55.3 Å². The number of aromatic nitrogens is 2. The van der Waals surface area contributed by atoms with Gasteiger partial charge in [-0.15, -0.1) is 0 Å². The molecule has 7 rings (SSSR count). The lowest BCUT2D eigenvalue weighted by Crippen LogP contribution is -2.32. The molecule has 3 fully saturated rings. The molecule has 2 aliphatic carbocycles. The maximum atomic E-state index is 13.1. The molecule has 0 atom stereocenters. The molecule has 0 unspecified atom stereocenters. The van der Waals surface area contributed by atoms with E-state index < -0.39 is 5.97 Å². The highest BCUT2D eigenvalue weighted by molar-refractivity contribution is 9.10. The Hall–Kier alpha value is -2.51. The Morgan fingerprint density at radius 2 is 1.62 bits per heavy atom. The molecule has 6 nitrogen and oxygen atoms in total. The molecule has 0 amide bonds. The standard InChI is InChI=1S/C26H28BrN3O.C7H12O2.C2H6/c1-29-14-10-17(11-15-29)18-8-9-19-22(16-18)30-21-7-5-6-20(27)23(21)24(31)28-25(30)26(19)12-3-2-4-13-26;8-7(9)6-4-2-1-3-5-6;1-2/h5-9,16-17H,2-4,10-15H2,1H3;6H,1-5H2,(H,8,9);1-2H3. The number of carbonyl (C=O) groups is 1. The minimum atomic E-state index is -0.602. The first-order chi connectivity index (χ1) is 20.4. The van der Waals surface area contributed by atoms with Crippen LogP contribution >= 0.6 is 15.9 Å². The predicted octanol–water partition coefficient (Wildman–Crippen LogP) is 8.20. The van der Waals surface area contributed by atoms with Gasteiger partial charge in [-0.3, -0.25) is 14.2 Å². The van der Waals surface area contributed by atoms with Crippen molar-refractivity contribution in [2.45, 2.75) is 102 Å². The molecule has 1 saturated heterocycles. The average molecular weight is 637 g/mol. The van der Waals surface area contributed by atoms with Gasteiger partial charge in [0, 0.05) is 4.47 Å². The number of hydrogen-bond donors (Lipinski definition) is 1. The minimum absolute atomic E-state index is 0.0289. The third-order valence-corrected chi connectivity index (χ3v) is 10.6. The molecule has 7 heteroatoms. The van der Waals surface area contributed by atoms with Crippen molar-refractivity contribution in [2.24, 2.45) is 5.92 Å². The normalized spacial score (nSPS) is 20.2. The van der Waals surface area contributed by atoms with Crippen molar-refractivity contribution < 1.29 is 9.90 Å². The number of fused-ring (bicyclic) bond motifs is 7. The molecule has 2 aromatic carbocycles. The van der Waals surface area contributed by atoms with Crippen molar-refractivity contribution in [1.29, 1.82) is 0 Å². The first kappa shape index (κ1) is 30.9. The van der Waals surface area contributed by atoms with Gasteiger partial charge in [0.2, 0.25) is 0 Å². The van der Waals surface area contributed by atoms with Gasteiger partial charge in [0.1, 0.15) is 5.82 Å². The molecule has 4 aliphatic rings. The Kier molecular flexibility index (Phi) is 9.88. The minimum Gasteiger partial charge on any atom is -0.481 e. The molecule has 0 bridgehead atoms. The van der Waals surface area contributed by atoms with Crippen LogP contribution in [0, 0.1) is 5.92 Å². The second kappa shape index (κ2) is 13.4. The summed E-state index contributed by atoms with van der Waals surface area (Å²) in [5.74, 6) is 0.949. The molecular formula is C35H46BrN3O3. The predicted molar refractivity (Wildman–Crippen MR) is 174 cm³/mol. The third-order valence-electron chi connectivity index (χ3n) is 9.92. The summed E-state index contributed by atoms with van der Waals surface area (Å²) in [6, 6.07) is 13.2. The van der Waals surface area contributed by atoms with E-state index in [0.29, 0.717) is 11.3 Å². The summed E-state index contributed by atoms with van der Waals surface area (Å²) in [7, 11) is 2.22. The summed E-state index contributed by atoms with van der Waals surface area (Å²) in [6.07, 6.45) is 13.5. The van der Waals surface area contributed by atoms with Gasteiger partial charge in [-0.2, -0.15) is 4.98 Å². The first-order valence-electron chi connectivity index (χ1n) is 16.2. The SMILES string of the molecule is CC.CN1CCC(c2ccc3c(c2)-n2c(nc(=O)c4c(Br)cccc42)C32CCCCC2)CC1.O=C(O)C1CCCCC1. The van der Waals surface area contributed by atoms with E-state index in [2.05, 4.69) is 56.7 Å². The van der Waals surface area contributed by atoms with Gasteiger partial charge in [-0.25, -0.2) is 0 Å². The van der Waals surface area contributed by atoms with Gasteiger partial charge in [0.15, 0.2) is 0 Å². The molecule has 3 heterocycles. The molecule has 1 N–H and O–H groups in total. The van der Waals surface area contributed by atoms with E-state index in [1.807, 2.05) is 26.0 Å². The van der Waals surface area contributed by atoms with Crippen molar-refractivity contribution >= 4 is 32.8 Å². The van der Waals surface area contributed by atoms with Crippen molar-refractivity contribution in [3.8, 4) is 5.69 Å². The van der Waals surface area contributed by atoms with Crippen LogP contribution in [-0.4, -0.2) is 45.7 Å². The number of aliphatic carboxylic acids is 1. The van der Waals surface area contributed by atoms with E-state index >= 15 is 0 Å². The van der Waals surface area contributed by atoms with Crippen LogP contribution in [0.25, 0.3) is 16.6 Å². The summed E-state index contributed by atoms with van der Waals surface area (Å²) < 4.78 is 3.15. The van der Waals surface area contributed by atoms with Crippen molar-refractivity contribution in [2.75, 3.05) is 20.1 Å². The number of halogens is 1. The van der Waals surface area contributed by atoms with Crippen LogP contribution in [0.5, 0.6) is 0 Å². The maximum absolute atomic E-state index is 13.1. The van der Waals surface area contributed by atoms with Crippen LogP contribution < -0.4 is 5.56 Å². The number of carboxylic acids is 1. The third kappa shape index (κ3) is 5.84. The fourth-order valence-electron chi connectivity index (χ4n) is 7.64. The van der Waals surface area contributed by atoms with E-state index in [4.69, 9.17) is 10.1 Å². The number of likely N-dealkylation sites (tertiary alicyclic amines) is 1. The number of carboxylic acid groups (broad SMARTS) is 1. The number of rotatable bonds is 2. The van der Waals surface area contributed by atoms with Crippen molar-refractivity contribution in [1.82, 2.24) is 14.5 Å². The zero-order valence-electron chi connectivity index (χ0n) is 25.5. The van der Waals surface area contributed by atoms with Gasteiger partial charge < -0.3 is 10.0 Å². The Bertz CT molecular complexity index is 1460. The molecule has 0 radical (unpaired) electrons. The highest BCUT2D eigenvalue weighted by Gasteiger charge is 2.46. The van der Waals surface area contributed by atoms with Crippen LogP contribution in [0.4, 0.5) is 0 Å². The van der Waals surface area contributed by atoms with Crippen LogP contribution in [0.2, 0.25) is 0 Å².